The third-order valence-electron chi connectivity index (χ3n) is 5.52. The van der Waals surface area contributed by atoms with Gasteiger partial charge in [0.05, 0.1) is 0 Å². The van der Waals surface area contributed by atoms with Gasteiger partial charge in [0.25, 0.3) is 0 Å². The second-order valence-electron chi connectivity index (χ2n) is 7.99. The third-order valence-corrected chi connectivity index (χ3v) is 6.70. The summed E-state index contributed by atoms with van der Waals surface area (Å²) in [5, 5.41) is 15.3. The average Bonchev–Trinajstić information content (AvgIpc) is 3.32. The molecular weight excluding hydrogens is 492 g/mol. The SMILES string of the molecule is O=C(CCSc1nnc(COc2ccc(Cl)cc2)n1-c1ccccc1)Nc1cccc2ccccc12. The van der Waals surface area contributed by atoms with Crippen LogP contribution in [0.3, 0.4) is 0 Å². The molecule has 0 saturated heterocycles. The van der Waals surface area contributed by atoms with E-state index in [1.54, 1.807) is 12.1 Å². The van der Waals surface area contributed by atoms with Crippen LogP contribution in [0.2, 0.25) is 5.02 Å². The molecule has 6 nitrogen and oxygen atoms in total. The van der Waals surface area contributed by atoms with Crippen LogP contribution in [0, 0.1) is 0 Å². The molecule has 0 bridgehead atoms. The highest BCUT2D eigenvalue weighted by molar-refractivity contribution is 7.99. The Kier molecular flexibility index (Phi) is 7.50. The maximum Gasteiger partial charge on any atom is 0.225 e. The molecule has 1 N–H and O–H groups in total. The zero-order valence-electron chi connectivity index (χ0n) is 19.3. The van der Waals surface area contributed by atoms with Crippen molar-refractivity contribution in [2.75, 3.05) is 11.1 Å². The van der Waals surface area contributed by atoms with Gasteiger partial charge in [-0.25, -0.2) is 0 Å². The van der Waals surface area contributed by atoms with E-state index in [0.29, 0.717) is 33.9 Å². The molecule has 0 aliphatic carbocycles. The second-order valence-corrected chi connectivity index (χ2v) is 9.48. The minimum absolute atomic E-state index is 0.0454. The number of hydrogen-bond acceptors (Lipinski definition) is 5. The Morgan fingerprint density at radius 3 is 2.47 bits per heavy atom. The van der Waals surface area contributed by atoms with E-state index in [4.69, 9.17) is 16.3 Å². The van der Waals surface area contributed by atoms with Gasteiger partial charge < -0.3 is 10.1 Å². The number of aromatic nitrogens is 3. The number of ether oxygens (including phenoxy) is 1. The summed E-state index contributed by atoms with van der Waals surface area (Å²) in [5.41, 5.74) is 1.75. The summed E-state index contributed by atoms with van der Waals surface area (Å²) in [6.45, 7) is 0.242. The van der Waals surface area contributed by atoms with E-state index in [1.807, 2.05) is 89.5 Å². The lowest BCUT2D eigenvalue weighted by molar-refractivity contribution is -0.115. The van der Waals surface area contributed by atoms with Crippen molar-refractivity contribution in [3.8, 4) is 11.4 Å². The van der Waals surface area contributed by atoms with E-state index in [1.165, 1.54) is 11.8 Å². The number of para-hydroxylation sites is 1. The number of rotatable bonds is 9. The molecule has 0 saturated carbocycles. The zero-order valence-corrected chi connectivity index (χ0v) is 20.9. The molecule has 1 aromatic heterocycles. The number of carbonyl (C=O) groups is 1. The Hall–Kier alpha value is -3.81. The van der Waals surface area contributed by atoms with Crippen molar-refractivity contribution in [1.82, 2.24) is 14.8 Å². The predicted molar refractivity (Wildman–Crippen MR) is 145 cm³/mol. The molecule has 0 unspecified atom stereocenters. The van der Waals surface area contributed by atoms with E-state index < -0.39 is 0 Å². The van der Waals surface area contributed by atoms with Crippen LogP contribution in [-0.2, 0) is 11.4 Å². The Morgan fingerprint density at radius 1 is 0.889 bits per heavy atom. The fraction of sp³-hybridized carbons (Fsp3) is 0.107. The van der Waals surface area contributed by atoms with Gasteiger partial charge in [0, 0.05) is 34.0 Å². The van der Waals surface area contributed by atoms with E-state index >= 15 is 0 Å². The summed E-state index contributed by atoms with van der Waals surface area (Å²) >= 11 is 7.45. The summed E-state index contributed by atoms with van der Waals surface area (Å²) in [6, 6.07) is 31.0. The van der Waals surface area contributed by atoms with Gasteiger partial charge >= 0.3 is 0 Å². The lowest BCUT2D eigenvalue weighted by atomic mass is 10.1. The number of nitrogens with zero attached hydrogens (tertiary/aromatic N) is 3. The summed E-state index contributed by atoms with van der Waals surface area (Å²) in [7, 11) is 0. The Bertz CT molecular complexity index is 1470. The number of fused-ring (bicyclic) bond motifs is 1. The third kappa shape index (κ3) is 5.70. The van der Waals surface area contributed by atoms with Crippen LogP contribution < -0.4 is 10.1 Å². The normalized spacial score (nSPS) is 10.9. The van der Waals surface area contributed by atoms with Crippen molar-refractivity contribution >= 4 is 45.7 Å². The lowest BCUT2D eigenvalue weighted by Crippen LogP contribution is -2.12. The number of anilines is 1. The monoisotopic (exact) mass is 514 g/mol. The molecule has 5 rings (SSSR count). The van der Waals surface area contributed by atoms with Gasteiger partial charge in [0.15, 0.2) is 11.0 Å². The molecule has 4 aromatic carbocycles. The van der Waals surface area contributed by atoms with E-state index in [2.05, 4.69) is 15.5 Å². The Morgan fingerprint density at radius 2 is 1.64 bits per heavy atom. The first kappa shape index (κ1) is 23.9. The average molecular weight is 515 g/mol. The lowest BCUT2D eigenvalue weighted by Gasteiger charge is -2.11. The minimum Gasteiger partial charge on any atom is -0.486 e. The number of hydrogen-bond donors (Lipinski definition) is 1. The summed E-state index contributed by atoms with van der Waals surface area (Å²) in [6.07, 6.45) is 0.339. The number of benzene rings is 4. The predicted octanol–water partition coefficient (Wildman–Crippen LogP) is 6.77. The van der Waals surface area contributed by atoms with Gasteiger partial charge in [-0.1, -0.05) is 78.0 Å². The van der Waals surface area contributed by atoms with Crippen LogP contribution in [0.15, 0.2) is 102 Å². The second kappa shape index (κ2) is 11.3. The van der Waals surface area contributed by atoms with Crippen molar-refractivity contribution in [1.29, 1.82) is 0 Å². The fourth-order valence-corrected chi connectivity index (χ4v) is 4.82. The zero-order chi connectivity index (χ0) is 24.7. The molecule has 0 spiro atoms. The van der Waals surface area contributed by atoms with Crippen LogP contribution in [-0.4, -0.2) is 26.4 Å². The van der Waals surface area contributed by atoms with Crippen molar-refractivity contribution in [3.63, 3.8) is 0 Å². The molecule has 5 aromatic rings. The largest absolute Gasteiger partial charge is 0.486 e. The van der Waals surface area contributed by atoms with Crippen molar-refractivity contribution < 1.29 is 9.53 Å². The van der Waals surface area contributed by atoms with Crippen LogP contribution in [0.4, 0.5) is 5.69 Å². The molecule has 0 fully saturated rings. The van der Waals surface area contributed by atoms with Gasteiger partial charge in [0.2, 0.25) is 5.91 Å². The van der Waals surface area contributed by atoms with E-state index in [-0.39, 0.29) is 12.5 Å². The van der Waals surface area contributed by atoms with Gasteiger partial charge in [-0.15, -0.1) is 10.2 Å². The molecule has 1 heterocycles. The van der Waals surface area contributed by atoms with E-state index in [9.17, 15) is 4.79 Å². The van der Waals surface area contributed by atoms with Gasteiger partial charge in [-0.05, 0) is 47.9 Å². The van der Waals surface area contributed by atoms with Gasteiger partial charge in [-0.3, -0.25) is 9.36 Å². The first-order chi connectivity index (χ1) is 17.7. The number of nitrogens with one attached hydrogen (secondary N) is 1. The first-order valence-electron chi connectivity index (χ1n) is 11.5. The van der Waals surface area contributed by atoms with Crippen LogP contribution >= 0.6 is 23.4 Å². The highest BCUT2D eigenvalue weighted by atomic mass is 35.5. The highest BCUT2D eigenvalue weighted by Crippen LogP contribution is 2.26. The molecule has 0 aliphatic heterocycles. The van der Waals surface area contributed by atoms with Crippen molar-refractivity contribution in [3.05, 3.63) is 108 Å². The van der Waals surface area contributed by atoms with Gasteiger partial charge in [0.1, 0.15) is 12.4 Å². The summed E-state index contributed by atoms with van der Waals surface area (Å²) in [5.74, 6) is 1.87. The number of amides is 1. The maximum atomic E-state index is 12.7. The summed E-state index contributed by atoms with van der Waals surface area (Å²) in [4.78, 5) is 12.7. The molecule has 0 atom stereocenters. The number of halogens is 1. The first-order valence-corrected chi connectivity index (χ1v) is 12.8. The molecule has 8 heteroatoms. The number of thioether (sulfide) groups is 1. The van der Waals surface area contributed by atoms with Crippen LogP contribution in [0.25, 0.3) is 16.5 Å². The fourth-order valence-electron chi connectivity index (χ4n) is 3.78. The van der Waals surface area contributed by atoms with E-state index in [0.717, 1.165) is 22.1 Å². The van der Waals surface area contributed by atoms with Crippen molar-refractivity contribution in [2.45, 2.75) is 18.2 Å². The van der Waals surface area contributed by atoms with Crippen LogP contribution in [0.5, 0.6) is 5.75 Å². The molecule has 0 radical (unpaired) electrons. The number of carbonyl (C=O) groups excluding carboxylic acids is 1. The maximum absolute atomic E-state index is 12.7. The standard InChI is InChI=1S/C28H23ClN4O2S/c29-21-13-15-23(16-14-21)35-19-26-31-32-28(33(26)22-9-2-1-3-10-22)36-18-17-27(34)30-25-12-6-8-20-7-4-5-11-24(20)25/h1-16H,17-19H2,(H,30,34). The quantitative estimate of drug-likeness (QED) is 0.220. The molecule has 0 aliphatic rings. The minimum atomic E-state index is -0.0454. The topological polar surface area (TPSA) is 69.0 Å². The van der Waals surface area contributed by atoms with Crippen LogP contribution in [0.1, 0.15) is 12.2 Å². The Balaban J connectivity index is 1.26. The van der Waals surface area contributed by atoms with Crippen molar-refractivity contribution in [2.24, 2.45) is 0 Å². The molecule has 1 amide bonds. The molecular formula is C28H23ClN4O2S. The molecule has 180 valence electrons. The van der Waals surface area contributed by atoms with Gasteiger partial charge in [-0.2, -0.15) is 0 Å². The molecule has 36 heavy (non-hydrogen) atoms. The highest BCUT2D eigenvalue weighted by Gasteiger charge is 2.16. The smallest absolute Gasteiger partial charge is 0.225 e. The summed E-state index contributed by atoms with van der Waals surface area (Å²) < 4.78 is 7.87. The Labute approximate surface area is 218 Å².